The lowest BCUT2D eigenvalue weighted by Crippen LogP contribution is -2.12. The first-order chi connectivity index (χ1) is 17.9. The third-order valence-electron chi connectivity index (χ3n) is 6.12. The maximum Gasteiger partial charge on any atom is 0.349 e. The van der Waals surface area contributed by atoms with Gasteiger partial charge in [0.2, 0.25) is 0 Å². The van der Waals surface area contributed by atoms with E-state index in [9.17, 15) is 14.3 Å². The minimum absolute atomic E-state index is 0.0355. The van der Waals surface area contributed by atoms with Crippen LogP contribution in [0.25, 0.3) is 38.6 Å². The molecule has 0 spiro atoms. The Balaban J connectivity index is 1.51. The van der Waals surface area contributed by atoms with E-state index in [1.807, 2.05) is 18.3 Å². The summed E-state index contributed by atoms with van der Waals surface area (Å²) in [4.78, 5) is 26.2. The molecule has 0 aliphatic heterocycles. The summed E-state index contributed by atoms with van der Waals surface area (Å²) < 4.78 is 27.5. The monoisotopic (exact) mass is 498 g/mol. The fraction of sp³-hybridized carbons (Fsp3) is 0.115. The normalized spacial score (nSPS) is 11.4. The maximum atomic E-state index is 14.9. The molecule has 2 aromatic carbocycles. The van der Waals surface area contributed by atoms with Gasteiger partial charge in [-0.1, -0.05) is 18.2 Å². The van der Waals surface area contributed by atoms with E-state index in [-0.39, 0.29) is 45.2 Å². The summed E-state index contributed by atoms with van der Waals surface area (Å²) in [6, 6.07) is 11.1. The molecule has 37 heavy (non-hydrogen) atoms. The summed E-state index contributed by atoms with van der Waals surface area (Å²) in [5.74, 6) is -0.299. The van der Waals surface area contributed by atoms with Gasteiger partial charge in [-0.25, -0.2) is 18.7 Å². The number of fused-ring (bicyclic) bond motifs is 3. The van der Waals surface area contributed by atoms with Crippen molar-refractivity contribution in [3.8, 4) is 23.1 Å². The summed E-state index contributed by atoms with van der Waals surface area (Å²) in [7, 11) is 1.42. The number of halogens is 1. The van der Waals surface area contributed by atoms with Crippen molar-refractivity contribution < 1.29 is 18.7 Å². The quantitative estimate of drug-likeness (QED) is 0.359. The number of rotatable bonds is 5. The summed E-state index contributed by atoms with van der Waals surface area (Å²) >= 11 is 0. The second-order valence-electron chi connectivity index (χ2n) is 8.41. The molecular formula is C26H19FN6O4. The minimum Gasteiger partial charge on any atom is -0.508 e. The first-order valence-corrected chi connectivity index (χ1v) is 11.3. The highest BCUT2D eigenvalue weighted by atomic mass is 19.1. The lowest BCUT2D eigenvalue weighted by Gasteiger charge is -2.14. The van der Waals surface area contributed by atoms with Crippen LogP contribution < -0.4 is 15.7 Å². The van der Waals surface area contributed by atoms with Crippen molar-refractivity contribution in [3.05, 3.63) is 82.4 Å². The van der Waals surface area contributed by atoms with E-state index < -0.39 is 11.4 Å². The Kier molecular flexibility index (Phi) is 5.18. The van der Waals surface area contributed by atoms with Gasteiger partial charge in [0.25, 0.3) is 0 Å². The Labute approximate surface area is 208 Å². The highest BCUT2D eigenvalue weighted by molar-refractivity contribution is 6.00. The molecule has 0 unspecified atom stereocenters. The SMILES string of the molecule is COc1nc(NCc2ccc3ncnn3c2)c2c(=O)oc(-c3cc(O)cc4cccc(F)c34)c(C)c2n1. The third kappa shape index (κ3) is 3.77. The molecule has 0 saturated heterocycles. The number of nitrogens with zero attached hydrogens (tertiary/aromatic N) is 5. The fourth-order valence-electron chi connectivity index (χ4n) is 4.40. The van der Waals surface area contributed by atoms with Crippen LogP contribution in [0.1, 0.15) is 11.1 Å². The molecule has 6 aromatic rings. The average Bonchev–Trinajstić information content (AvgIpc) is 3.36. The molecular weight excluding hydrogens is 479 g/mol. The number of nitrogens with one attached hydrogen (secondary N) is 1. The number of aromatic hydroxyl groups is 1. The number of phenolic OH excluding ortho intramolecular Hbond substituents is 1. The number of phenols is 1. The molecule has 0 atom stereocenters. The van der Waals surface area contributed by atoms with Gasteiger partial charge in [0.05, 0.1) is 12.6 Å². The van der Waals surface area contributed by atoms with Crippen molar-refractivity contribution in [3.63, 3.8) is 0 Å². The Bertz CT molecular complexity index is 1900. The van der Waals surface area contributed by atoms with Gasteiger partial charge < -0.3 is 19.6 Å². The van der Waals surface area contributed by atoms with Crippen molar-refractivity contribution in [2.45, 2.75) is 13.5 Å². The maximum absolute atomic E-state index is 14.9. The molecule has 4 aromatic heterocycles. The predicted molar refractivity (Wildman–Crippen MR) is 134 cm³/mol. The molecule has 10 nitrogen and oxygen atoms in total. The van der Waals surface area contributed by atoms with Gasteiger partial charge >= 0.3 is 11.6 Å². The molecule has 0 radical (unpaired) electrons. The van der Waals surface area contributed by atoms with E-state index in [2.05, 4.69) is 25.4 Å². The van der Waals surface area contributed by atoms with E-state index in [4.69, 9.17) is 9.15 Å². The van der Waals surface area contributed by atoms with Gasteiger partial charge in [-0.3, -0.25) is 0 Å². The molecule has 0 aliphatic rings. The van der Waals surface area contributed by atoms with Crippen LogP contribution in [0.15, 0.2) is 64.2 Å². The standard InChI is InChI=1S/C26H19FN6O4/c1-13-22-21(25(35)37-23(13)17-9-16(34)8-15-4-3-5-18(27)20(15)17)24(32-26(31-22)36-2)28-10-14-6-7-19-29-12-30-33(19)11-14/h3-9,11-12,34H,10H2,1-2H3,(H,28,31,32). The number of pyridine rings is 1. The predicted octanol–water partition coefficient (Wildman–Crippen LogP) is 4.22. The van der Waals surface area contributed by atoms with Crippen molar-refractivity contribution in [1.29, 1.82) is 0 Å². The van der Waals surface area contributed by atoms with E-state index in [1.54, 1.807) is 23.6 Å². The smallest absolute Gasteiger partial charge is 0.349 e. The number of hydrogen-bond donors (Lipinski definition) is 2. The Hall–Kier alpha value is -5.06. The number of methoxy groups -OCH3 is 1. The molecule has 0 amide bonds. The molecule has 0 bridgehead atoms. The molecule has 2 N–H and O–H groups in total. The van der Waals surface area contributed by atoms with Gasteiger partial charge in [0.15, 0.2) is 5.65 Å². The summed E-state index contributed by atoms with van der Waals surface area (Å²) in [5, 5.41) is 18.4. The number of hydrogen-bond acceptors (Lipinski definition) is 9. The number of benzene rings is 2. The van der Waals surface area contributed by atoms with Crippen molar-refractivity contribution in [2.75, 3.05) is 12.4 Å². The van der Waals surface area contributed by atoms with Crippen LogP contribution in [0.2, 0.25) is 0 Å². The largest absolute Gasteiger partial charge is 0.508 e. The van der Waals surface area contributed by atoms with Crippen molar-refractivity contribution in [2.24, 2.45) is 0 Å². The van der Waals surface area contributed by atoms with E-state index in [0.29, 0.717) is 23.1 Å². The average molecular weight is 498 g/mol. The van der Waals surface area contributed by atoms with Crippen LogP contribution in [0, 0.1) is 12.7 Å². The van der Waals surface area contributed by atoms with Gasteiger partial charge in [-0.15, -0.1) is 0 Å². The van der Waals surface area contributed by atoms with Crippen LogP contribution in [-0.2, 0) is 6.54 Å². The van der Waals surface area contributed by atoms with Gasteiger partial charge in [0.1, 0.15) is 34.9 Å². The first-order valence-electron chi connectivity index (χ1n) is 11.3. The number of ether oxygens (including phenoxy) is 1. The minimum atomic E-state index is -0.722. The zero-order chi connectivity index (χ0) is 25.7. The van der Waals surface area contributed by atoms with Gasteiger partial charge in [-0.05, 0) is 42.1 Å². The number of aromatic nitrogens is 5. The Morgan fingerprint density at radius 1 is 1.16 bits per heavy atom. The van der Waals surface area contributed by atoms with Crippen LogP contribution in [0.4, 0.5) is 10.2 Å². The van der Waals surface area contributed by atoms with E-state index >= 15 is 0 Å². The molecule has 0 aliphatic carbocycles. The van der Waals surface area contributed by atoms with Crippen molar-refractivity contribution >= 4 is 33.1 Å². The Morgan fingerprint density at radius 3 is 2.86 bits per heavy atom. The van der Waals surface area contributed by atoms with E-state index in [1.165, 1.54) is 31.6 Å². The fourth-order valence-corrected chi connectivity index (χ4v) is 4.40. The van der Waals surface area contributed by atoms with Gasteiger partial charge in [0, 0.05) is 29.3 Å². The molecule has 11 heteroatoms. The van der Waals surface area contributed by atoms with E-state index in [0.717, 1.165) is 5.56 Å². The molecule has 0 saturated carbocycles. The first kappa shape index (κ1) is 22.4. The Morgan fingerprint density at radius 2 is 2.03 bits per heavy atom. The summed E-state index contributed by atoms with van der Waals surface area (Å²) in [6.07, 6.45) is 3.27. The highest BCUT2D eigenvalue weighted by Gasteiger charge is 2.22. The zero-order valence-electron chi connectivity index (χ0n) is 19.7. The zero-order valence-corrected chi connectivity index (χ0v) is 19.7. The lowest BCUT2D eigenvalue weighted by atomic mass is 9.98. The van der Waals surface area contributed by atoms with Gasteiger partial charge in [-0.2, -0.15) is 15.1 Å². The lowest BCUT2D eigenvalue weighted by molar-refractivity contribution is 0.382. The topological polar surface area (TPSA) is 128 Å². The summed E-state index contributed by atoms with van der Waals surface area (Å²) in [6.45, 7) is 2.01. The molecule has 4 heterocycles. The molecule has 184 valence electrons. The number of aryl methyl sites for hydroxylation is 1. The third-order valence-corrected chi connectivity index (χ3v) is 6.12. The van der Waals surface area contributed by atoms with Crippen LogP contribution >= 0.6 is 0 Å². The van der Waals surface area contributed by atoms with Crippen molar-refractivity contribution in [1.82, 2.24) is 24.6 Å². The number of anilines is 1. The van der Waals surface area contributed by atoms with Crippen LogP contribution in [-0.4, -0.2) is 36.8 Å². The summed E-state index contributed by atoms with van der Waals surface area (Å²) in [5.41, 5.74) is 1.82. The highest BCUT2D eigenvalue weighted by Crippen LogP contribution is 2.37. The molecule has 6 rings (SSSR count). The van der Waals surface area contributed by atoms with Crippen LogP contribution in [0.5, 0.6) is 11.8 Å². The second kappa shape index (κ2) is 8.55. The second-order valence-corrected chi connectivity index (χ2v) is 8.41. The van der Waals surface area contributed by atoms with Crippen LogP contribution in [0.3, 0.4) is 0 Å². The molecule has 0 fully saturated rings.